The highest BCUT2D eigenvalue weighted by atomic mass is 16.3. The van der Waals surface area contributed by atoms with E-state index in [-0.39, 0.29) is 12.1 Å². The van der Waals surface area contributed by atoms with Crippen molar-refractivity contribution in [1.29, 1.82) is 0 Å². The second-order valence-corrected chi connectivity index (χ2v) is 9.41. The fraction of sp³-hybridized carbons (Fsp3) is 1.00. The molecule has 4 aliphatic carbocycles. The van der Waals surface area contributed by atoms with E-state index >= 15 is 0 Å². The van der Waals surface area contributed by atoms with Gasteiger partial charge in [-0.25, -0.2) is 0 Å². The van der Waals surface area contributed by atoms with E-state index in [0.717, 1.165) is 36.5 Å². The predicted octanol–water partition coefficient (Wildman–Crippen LogP) is 3.72. The summed E-state index contributed by atoms with van der Waals surface area (Å²) in [5.74, 6) is 3.54. The Kier molecular flexibility index (Phi) is 3.25. The van der Waals surface area contributed by atoms with Crippen LogP contribution in [0.25, 0.3) is 0 Å². The summed E-state index contributed by atoms with van der Waals surface area (Å²) in [7, 11) is 0. The molecule has 0 spiro atoms. The number of nitrogens with two attached hydrogens (primary N) is 1. The van der Waals surface area contributed by atoms with Crippen molar-refractivity contribution in [1.82, 2.24) is 0 Å². The first-order valence-corrected chi connectivity index (χ1v) is 9.38. The number of hydrogen-bond donors (Lipinski definition) is 2. The standard InChI is InChI=1S/C19H33NO/c1-18-8-3-4-14(18)13-6-5-12-10-16(20)17(21)11-19(12,2)15(13)7-9-18/h12-17,21H,3-11,20H2,1-2H3/t12-,13-,14-,15-,16?,17?,18-,19-/m0/s1. The van der Waals surface area contributed by atoms with Crippen molar-refractivity contribution in [3.05, 3.63) is 0 Å². The fourth-order valence-electron chi connectivity index (χ4n) is 7.32. The first-order chi connectivity index (χ1) is 9.94. The molecule has 21 heavy (non-hydrogen) atoms. The van der Waals surface area contributed by atoms with Gasteiger partial charge in [-0.1, -0.05) is 20.3 Å². The van der Waals surface area contributed by atoms with E-state index in [4.69, 9.17) is 5.73 Å². The van der Waals surface area contributed by atoms with Crippen LogP contribution in [0.3, 0.4) is 0 Å². The van der Waals surface area contributed by atoms with E-state index < -0.39 is 0 Å². The van der Waals surface area contributed by atoms with Crippen molar-refractivity contribution in [3.8, 4) is 0 Å². The highest BCUT2D eigenvalue weighted by molar-refractivity contribution is 5.08. The zero-order valence-electron chi connectivity index (χ0n) is 13.9. The first kappa shape index (κ1) is 14.5. The molecule has 8 atom stereocenters. The molecule has 2 unspecified atom stereocenters. The molecule has 0 aromatic carbocycles. The van der Waals surface area contributed by atoms with Crippen LogP contribution >= 0.6 is 0 Å². The molecule has 0 bridgehead atoms. The maximum atomic E-state index is 10.4. The van der Waals surface area contributed by atoms with Crippen LogP contribution in [0, 0.1) is 34.5 Å². The van der Waals surface area contributed by atoms with E-state index in [1.165, 1.54) is 44.9 Å². The summed E-state index contributed by atoms with van der Waals surface area (Å²) in [6, 6.07) is 0.0277. The van der Waals surface area contributed by atoms with Crippen LogP contribution in [0.5, 0.6) is 0 Å². The molecule has 4 saturated carbocycles. The molecular formula is C19H33NO. The summed E-state index contributed by atoms with van der Waals surface area (Å²) in [5, 5.41) is 10.4. The second kappa shape index (κ2) is 4.71. The van der Waals surface area contributed by atoms with E-state index in [1.807, 2.05) is 0 Å². The van der Waals surface area contributed by atoms with E-state index in [1.54, 1.807) is 0 Å². The van der Waals surface area contributed by atoms with Crippen LogP contribution in [0.4, 0.5) is 0 Å². The van der Waals surface area contributed by atoms with Gasteiger partial charge in [-0.2, -0.15) is 0 Å². The predicted molar refractivity (Wildman–Crippen MR) is 85.7 cm³/mol. The molecule has 120 valence electrons. The van der Waals surface area contributed by atoms with E-state index in [2.05, 4.69) is 13.8 Å². The lowest BCUT2D eigenvalue weighted by Crippen LogP contribution is -2.57. The fourth-order valence-corrected chi connectivity index (χ4v) is 7.32. The van der Waals surface area contributed by atoms with Gasteiger partial charge in [0, 0.05) is 6.04 Å². The maximum absolute atomic E-state index is 10.4. The summed E-state index contributed by atoms with van der Waals surface area (Å²) in [6.45, 7) is 5.07. The molecule has 2 heteroatoms. The minimum absolute atomic E-state index is 0.0277. The molecule has 0 amide bonds. The molecule has 0 saturated heterocycles. The molecule has 3 N–H and O–H groups in total. The normalized spacial score (nSPS) is 60.0. The molecule has 0 heterocycles. The Balaban J connectivity index is 1.63. The average molecular weight is 291 g/mol. The van der Waals surface area contributed by atoms with Gasteiger partial charge in [0.05, 0.1) is 6.10 Å². The largest absolute Gasteiger partial charge is 0.391 e. The highest BCUT2D eigenvalue weighted by Crippen LogP contribution is 2.66. The zero-order valence-corrected chi connectivity index (χ0v) is 13.9. The molecule has 0 aliphatic heterocycles. The smallest absolute Gasteiger partial charge is 0.0696 e. The van der Waals surface area contributed by atoms with Crippen LogP contribution in [-0.2, 0) is 0 Å². The zero-order chi connectivity index (χ0) is 14.8. The molecule has 4 rings (SSSR count). The summed E-state index contributed by atoms with van der Waals surface area (Å²) in [4.78, 5) is 0. The van der Waals surface area contributed by atoms with Gasteiger partial charge < -0.3 is 10.8 Å². The van der Waals surface area contributed by atoms with Gasteiger partial charge in [-0.3, -0.25) is 0 Å². The third-order valence-electron chi connectivity index (χ3n) is 8.55. The van der Waals surface area contributed by atoms with Gasteiger partial charge in [-0.15, -0.1) is 0 Å². The molecule has 0 aromatic rings. The Hall–Kier alpha value is -0.0800. The Bertz CT molecular complexity index is 424. The topological polar surface area (TPSA) is 46.2 Å². The van der Waals surface area contributed by atoms with Crippen molar-refractivity contribution in [2.45, 2.75) is 83.8 Å². The van der Waals surface area contributed by atoms with Crippen LogP contribution < -0.4 is 5.73 Å². The molecule has 0 radical (unpaired) electrons. The third kappa shape index (κ3) is 1.97. The van der Waals surface area contributed by atoms with E-state index in [9.17, 15) is 5.11 Å². The third-order valence-corrected chi connectivity index (χ3v) is 8.55. The number of fused-ring (bicyclic) bond motifs is 5. The summed E-state index contributed by atoms with van der Waals surface area (Å²) >= 11 is 0. The van der Waals surface area contributed by atoms with Crippen molar-refractivity contribution in [2.24, 2.45) is 40.2 Å². The first-order valence-electron chi connectivity index (χ1n) is 9.38. The molecule has 2 nitrogen and oxygen atoms in total. The van der Waals surface area contributed by atoms with Crippen molar-refractivity contribution in [3.63, 3.8) is 0 Å². The number of hydrogen-bond acceptors (Lipinski definition) is 2. The quantitative estimate of drug-likeness (QED) is 0.714. The molecular weight excluding hydrogens is 258 g/mol. The maximum Gasteiger partial charge on any atom is 0.0696 e. The van der Waals surface area contributed by atoms with E-state index in [0.29, 0.717) is 10.8 Å². The van der Waals surface area contributed by atoms with Crippen LogP contribution in [0.15, 0.2) is 0 Å². The lowest BCUT2D eigenvalue weighted by molar-refractivity contribution is -0.129. The Morgan fingerprint density at radius 3 is 2.62 bits per heavy atom. The van der Waals surface area contributed by atoms with Crippen molar-refractivity contribution < 1.29 is 5.11 Å². The lowest BCUT2D eigenvalue weighted by Gasteiger charge is -2.61. The summed E-state index contributed by atoms with van der Waals surface area (Å²) in [5.41, 5.74) is 7.18. The van der Waals surface area contributed by atoms with Crippen molar-refractivity contribution >= 4 is 0 Å². The van der Waals surface area contributed by atoms with Crippen LogP contribution in [0.2, 0.25) is 0 Å². The monoisotopic (exact) mass is 291 g/mol. The molecule has 4 fully saturated rings. The summed E-state index contributed by atoms with van der Waals surface area (Å²) < 4.78 is 0. The lowest BCUT2D eigenvalue weighted by atomic mass is 9.45. The van der Waals surface area contributed by atoms with Gasteiger partial charge in [0.1, 0.15) is 0 Å². The minimum atomic E-state index is -0.262. The van der Waals surface area contributed by atoms with Crippen LogP contribution in [0.1, 0.15) is 71.6 Å². The van der Waals surface area contributed by atoms with Crippen LogP contribution in [-0.4, -0.2) is 17.3 Å². The number of rotatable bonds is 0. The summed E-state index contributed by atoms with van der Waals surface area (Å²) in [6.07, 6.45) is 11.8. The molecule has 0 aromatic heterocycles. The SMILES string of the molecule is C[C@@]12CCC[C@H]1[C@@H]1CC[C@H]3CC(N)C(O)C[C@]3(C)[C@H]1CC2. The number of aliphatic hydroxyl groups is 1. The van der Waals surface area contributed by atoms with Gasteiger partial charge in [-0.05, 0) is 85.9 Å². The van der Waals surface area contributed by atoms with Gasteiger partial charge >= 0.3 is 0 Å². The Morgan fingerprint density at radius 1 is 1.00 bits per heavy atom. The van der Waals surface area contributed by atoms with Gasteiger partial charge in [0.25, 0.3) is 0 Å². The Morgan fingerprint density at radius 2 is 1.81 bits per heavy atom. The minimum Gasteiger partial charge on any atom is -0.391 e. The van der Waals surface area contributed by atoms with Crippen molar-refractivity contribution in [2.75, 3.05) is 0 Å². The van der Waals surface area contributed by atoms with Gasteiger partial charge in [0.15, 0.2) is 0 Å². The number of aliphatic hydroxyl groups excluding tert-OH is 1. The highest BCUT2D eigenvalue weighted by Gasteiger charge is 2.58. The molecule has 4 aliphatic rings. The average Bonchev–Trinajstić information content (AvgIpc) is 2.82. The second-order valence-electron chi connectivity index (χ2n) is 9.41. The Labute approximate surface area is 129 Å². The van der Waals surface area contributed by atoms with Gasteiger partial charge in [0.2, 0.25) is 0 Å².